The van der Waals surface area contributed by atoms with Crippen LogP contribution >= 0.6 is 0 Å². The third-order valence-corrected chi connectivity index (χ3v) is 7.22. The zero-order chi connectivity index (χ0) is 29.4. The van der Waals surface area contributed by atoms with Gasteiger partial charge < -0.3 is 14.6 Å². The van der Waals surface area contributed by atoms with Crippen molar-refractivity contribution >= 4 is 11.9 Å². The van der Waals surface area contributed by atoms with E-state index in [4.69, 9.17) is 9.47 Å². The number of rotatable bonds is 30. The molecule has 0 aromatic rings. The molecule has 0 aliphatic heterocycles. The number of carbonyl (C=O) groups excluding carboxylic acids is 2. The van der Waals surface area contributed by atoms with Crippen LogP contribution in [0.2, 0.25) is 0 Å². The van der Waals surface area contributed by atoms with E-state index in [1.165, 1.54) is 96.3 Å². The lowest BCUT2D eigenvalue weighted by molar-refractivity contribution is -0.161. The zero-order valence-electron chi connectivity index (χ0n) is 26.4. The summed E-state index contributed by atoms with van der Waals surface area (Å²) in [6.07, 6.45) is 35.1. The van der Waals surface area contributed by atoms with Crippen molar-refractivity contribution in [3.63, 3.8) is 0 Å². The number of hydrogen-bond acceptors (Lipinski definition) is 5. The predicted molar refractivity (Wildman–Crippen MR) is 168 cm³/mol. The molecular formula is C35H64O5. The van der Waals surface area contributed by atoms with Crippen LogP contribution in [0.1, 0.15) is 168 Å². The van der Waals surface area contributed by atoms with Crippen LogP contribution in [0.25, 0.3) is 0 Å². The number of unbranched alkanes of at least 4 members (excludes halogenated alkanes) is 18. The average molecular weight is 565 g/mol. The molecular weight excluding hydrogens is 500 g/mol. The molecule has 0 aliphatic carbocycles. The highest BCUT2D eigenvalue weighted by molar-refractivity contribution is 5.70. The molecule has 0 spiro atoms. The SMILES string of the molecule is CCCC/C=C/CCCCCCCC(=O)OC[C@H](CO)OC(=O)CCCCCCCCC/C=C/CCCCCC. The van der Waals surface area contributed by atoms with Gasteiger partial charge in [0, 0.05) is 12.8 Å². The first-order valence-electron chi connectivity index (χ1n) is 16.9. The van der Waals surface area contributed by atoms with E-state index in [9.17, 15) is 14.7 Å². The Hall–Kier alpha value is -1.62. The van der Waals surface area contributed by atoms with E-state index >= 15 is 0 Å². The first-order valence-corrected chi connectivity index (χ1v) is 16.9. The molecule has 0 heterocycles. The van der Waals surface area contributed by atoms with Crippen LogP contribution < -0.4 is 0 Å². The van der Waals surface area contributed by atoms with Crippen molar-refractivity contribution in [2.75, 3.05) is 13.2 Å². The summed E-state index contributed by atoms with van der Waals surface area (Å²) in [5, 5.41) is 9.49. The summed E-state index contributed by atoms with van der Waals surface area (Å²) in [6.45, 7) is 4.06. The quantitative estimate of drug-likeness (QED) is 0.0534. The summed E-state index contributed by atoms with van der Waals surface area (Å²) < 4.78 is 10.5. The third-order valence-electron chi connectivity index (χ3n) is 7.22. The molecule has 40 heavy (non-hydrogen) atoms. The summed E-state index contributed by atoms with van der Waals surface area (Å²) in [7, 11) is 0. The van der Waals surface area contributed by atoms with E-state index in [1.54, 1.807) is 0 Å². The van der Waals surface area contributed by atoms with Gasteiger partial charge in [0.25, 0.3) is 0 Å². The van der Waals surface area contributed by atoms with Crippen molar-refractivity contribution < 1.29 is 24.2 Å². The molecule has 0 saturated heterocycles. The van der Waals surface area contributed by atoms with Crippen molar-refractivity contribution in [3.05, 3.63) is 24.3 Å². The van der Waals surface area contributed by atoms with Gasteiger partial charge in [-0.1, -0.05) is 122 Å². The fourth-order valence-corrected chi connectivity index (χ4v) is 4.59. The molecule has 0 amide bonds. The Morgan fingerprint density at radius 3 is 1.43 bits per heavy atom. The van der Waals surface area contributed by atoms with Gasteiger partial charge in [-0.25, -0.2) is 0 Å². The standard InChI is InChI=1S/C35H64O5/c1-3-5-7-9-11-13-15-16-17-18-20-22-24-26-28-30-35(38)40-33(31-36)32-39-34(37)29-27-25-23-21-19-14-12-10-8-6-4-2/h10,12-13,15,33,36H,3-9,11,14,16-32H2,1-2H3/b12-10+,15-13+/t33-/m0/s1. The van der Waals surface area contributed by atoms with E-state index < -0.39 is 6.10 Å². The van der Waals surface area contributed by atoms with Crippen LogP contribution in [0.5, 0.6) is 0 Å². The minimum Gasteiger partial charge on any atom is -0.462 e. The highest BCUT2D eigenvalue weighted by atomic mass is 16.6. The first-order chi connectivity index (χ1) is 19.6. The lowest BCUT2D eigenvalue weighted by atomic mass is 10.1. The normalized spacial score (nSPS) is 12.4. The van der Waals surface area contributed by atoms with Crippen LogP contribution in [0.3, 0.4) is 0 Å². The summed E-state index contributed by atoms with van der Waals surface area (Å²) in [6, 6.07) is 0. The van der Waals surface area contributed by atoms with Gasteiger partial charge in [-0.2, -0.15) is 0 Å². The van der Waals surface area contributed by atoms with E-state index in [0.717, 1.165) is 44.9 Å². The summed E-state index contributed by atoms with van der Waals surface area (Å²) in [4.78, 5) is 24.1. The van der Waals surface area contributed by atoms with E-state index in [-0.39, 0.29) is 25.2 Å². The second-order valence-corrected chi connectivity index (χ2v) is 11.2. The average Bonchev–Trinajstić information content (AvgIpc) is 2.96. The minimum absolute atomic E-state index is 0.0700. The fourth-order valence-electron chi connectivity index (χ4n) is 4.59. The summed E-state index contributed by atoms with van der Waals surface area (Å²) in [5.41, 5.74) is 0. The van der Waals surface area contributed by atoms with Crippen molar-refractivity contribution in [1.29, 1.82) is 0 Å². The fraction of sp³-hybridized carbons (Fsp3) is 0.829. The number of carbonyl (C=O) groups is 2. The Morgan fingerprint density at radius 1 is 0.550 bits per heavy atom. The van der Waals surface area contributed by atoms with Gasteiger partial charge in [-0.15, -0.1) is 0 Å². The molecule has 1 N–H and O–H groups in total. The molecule has 234 valence electrons. The van der Waals surface area contributed by atoms with Gasteiger partial charge in [0.05, 0.1) is 6.61 Å². The molecule has 0 unspecified atom stereocenters. The molecule has 0 bridgehead atoms. The molecule has 0 saturated carbocycles. The number of ether oxygens (including phenoxy) is 2. The van der Waals surface area contributed by atoms with E-state index in [1.807, 2.05) is 0 Å². The molecule has 5 heteroatoms. The van der Waals surface area contributed by atoms with Crippen LogP contribution in [-0.4, -0.2) is 36.4 Å². The van der Waals surface area contributed by atoms with Gasteiger partial charge >= 0.3 is 11.9 Å². The topological polar surface area (TPSA) is 72.8 Å². The number of hydrogen-bond donors (Lipinski definition) is 1. The molecule has 0 fully saturated rings. The van der Waals surface area contributed by atoms with Crippen LogP contribution in [0.4, 0.5) is 0 Å². The highest BCUT2D eigenvalue weighted by Crippen LogP contribution is 2.12. The Bertz CT molecular complexity index is 613. The second kappa shape index (κ2) is 31.9. The smallest absolute Gasteiger partial charge is 0.306 e. The zero-order valence-corrected chi connectivity index (χ0v) is 26.4. The first kappa shape index (κ1) is 38.4. The third kappa shape index (κ3) is 29.4. The van der Waals surface area contributed by atoms with Crippen molar-refractivity contribution in [3.8, 4) is 0 Å². The number of allylic oxidation sites excluding steroid dienone is 4. The van der Waals surface area contributed by atoms with Gasteiger partial charge in [0.2, 0.25) is 0 Å². The Kier molecular flexibility index (Phi) is 30.6. The minimum atomic E-state index is -0.771. The molecule has 0 aromatic heterocycles. The Labute approximate surface area is 247 Å². The summed E-state index contributed by atoms with van der Waals surface area (Å²) in [5.74, 6) is -0.608. The molecule has 5 nitrogen and oxygen atoms in total. The van der Waals surface area contributed by atoms with Gasteiger partial charge in [0.1, 0.15) is 6.61 Å². The molecule has 0 rings (SSSR count). The number of esters is 2. The van der Waals surface area contributed by atoms with E-state index in [2.05, 4.69) is 38.2 Å². The largest absolute Gasteiger partial charge is 0.462 e. The lowest BCUT2D eigenvalue weighted by Crippen LogP contribution is -2.28. The van der Waals surface area contributed by atoms with Gasteiger partial charge in [0.15, 0.2) is 6.10 Å². The molecule has 1 atom stereocenters. The van der Waals surface area contributed by atoms with E-state index in [0.29, 0.717) is 12.8 Å². The van der Waals surface area contributed by atoms with Crippen LogP contribution in [-0.2, 0) is 19.1 Å². The van der Waals surface area contributed by atoms with Crippen LogP contribution in [0, 0.1) is 0 Å². The van der Waals surface area contributed by atoms with Gasteiger partial charge in [-0.05, 0) is 57.8 Å². The number of aliphatic hydroxyl groups is 1. The maximum Gasteiger partial charge on any atom is 0.306 e. The molecule has 0 radical (unpaired) electrons. The second-order valence-electron chi connectivity index (χ2n) is 11.2. The van der Waals surface area contributed by atoms with Gasteiger partial charge in [-0.3, -0.25) is 9.59 Å². The predicted octanol–water partition coefficient (Wildman–Crippen LogP) is 9.95. The summed E-state index contributed by atoms with van der Waals surface area (Å²) >= 11 is 0. The van der Waals surface area contributed by atoms with Crippen molar-refractivity contribution in [2.24, 2.45) is 0 Å². The monoisotopic (exact) mass is 564 g/mol. The molecule has 0 aromatic carbocycles. The lowest BCUT2D eigenvalue weighted by Gasteiger charge is -2.15. The maximum atomic E-state index is 12.1. The molecule has 0 aliphatic rings. The van der Waals surface area contributed by atoms with Crippen molar-refractivity contribution in [1.82, 2.24) is 0 Å². The highest BCUT2D eigenvalue weighted by Gasteiger charge is 2.16. The Balaban J connectivity index is 3.59. The van der Waals surface area contributed by atoms with Crippen LogP contribution in [0.15, 0.2) is 24.3 Å². The number of aliphatic hydroxyl groups excluding tert-OH is 1. The Morgan fingerprint density at radius 2 is 0.950 bits per heavy atom. The maximum absolute atomic E-state index is 12.1. The van der Waals surface area contributed by atoms with Crippen molar-refractivity contribution in [2.45, 2.75) is 174 Å².